The van der Waals surface area contributed by atoms with Gasteiger partial charge < -0.3 is 24.6 Å². The second-order valence-electron chi connectivity index (χ2n) is 8.16. The molecule has 7 nitrogen and oxygen atoms in total. The highest BCUT2D eigenvalue weighted by Gasteiger charge is 2.57. The van der Waals surface area contributed by atoms with Crippen molar-refractivity contribution >= 4 is 11.8 Å². The fraction of sp³-hybridized carbons (Fsp3) is 0.889. The molecule has 1 spiro atoms. The Morgan fingerprint density at radius 1 is 1.24 bits per heavy atom. The van der Waals surface area contributed by atoms with Gasteiger partial charge in [-0.3, -0.25) is 9.59 Å². The topological polar surface area (TPSA) is 71.1 Å². The highest BCUT2D eigenvalue weighted by Crippen LogP contribution is 2.43. The maximum Gasteiger partial charge on any atom is 0.248 e. The van der Waals surface area contributed by atoms with Crippen molar-refractivity contribution in [3.8, 4) is 0 Å². The number of carbonyl (C=O) groups is 2. The van der Waals surface area contributed by atoms with Crippen LogP contribution in [0.2, 0.25) is 0 Å². The lowest BCUT2D eigenvalue weighted by Gasteiger charge is -2.43. The summed E-state index contributed by atoms with van der Waals surface area (Å²) in [6.07, 6.45) is 4.50. The summed E-state index contributed by atoms with van der Waals surface area (Å²) in [5.74, 6) is 0.395. The Hall–Kier alpha value is -1.18. The van der Waals surface area contributed by atoms with E-state index in [0.717, 1.165) is 19.4 Å². The van der Waals surface area contributed by atoms with Crippen molar-refractivity contribution in [3.05, 3.63) is 0 Å². The normalized spacial score (nSPS) is 33.9. The molecular formula is C18H29N3O4. The number of methoxy groups -OCH3 is 1. The van der Waals surface area contributed by atoms with Crippen LogP contribution in [0.4, 0.5) is 0 Å². The van der Waals surface area contributed by atoms with Crippen LogP contribution in [0.5, 0.6) is 0 Å². The largest absolute Gasteiger partial charge is 0.375 e. The van der Waals surface area contributed by atoms with Crippen molar-refractivity contribution in [3.63, 3.8) is 0 Å². The quantitative estimate of drug-likeness (QED) is 0.766. The molecule has 0 radical (unpaired) electrons. The first-order valence-corrected chi connectivity index (χ1v) is 9.49. The summed E-state index contributed by atoms with van der Waals surface area (Å²) in [4.78, 5) is 29.6. The number of hydrogen-bond acceptors (Lipinski definition) is 5. The van der Waals surface area contributed by atoms with Crippen LogP contribution in [0.3, 0.4) is 0 Å². The molecule has 3 aliphatic heterocycles. The average molecular weight is 351 g/mol. The van der Waals surface area contributed by atoms with Gasteiger partial charge in [0, 0.05) is 52.3 Å². The second-order valence-corrected chi connectivity index (χ2v) is 8.16. The van der Waals surface area contributed by atoms with Crippen LogP contribution >= 0.6 is 0 Å². The third-order valence-corrected chi connectivity index (χ3v) is 6.62. The first-order chi connectivity index (χ1) is 12.1. The van der Waals surface area contributed by atoms with Gasteiger partial charge >= 0.3 is 0 Å². The predicted octanol–water partition coefficient (Wildman–Crippen LogP) is -0.148. The summed E-state index contributed by atoms with van der Waals surface area (Å²) >= 11 is 0. The maximum absolute atomic E-state index is 13.5. The number of carbonyl (C=O) groups excluding carboxylic acids is 2. The van der Waals surface area contributed by atoms with Crippen molar-refractivity contribution in [2.75, 3.05) is 59.6 Å². The molecule has 0 bridgehead atoms. The Morgan fingerprint density at radius 2 is 2.04 bits per heavy atom. The molecule has 2 amide bonds. The van der Waals surface area contributed by atoms with E-state index in [4.69, 9.17) is 9.47 Å². The van der Waals surface area contributed by atoms with E-state index < -0.39 is 5.41 Å². The van der Waals surface area contributed by atoms with Crippen LogP contribution in [0.15, 0.2) is 0 Å². The minimum Gasteiger partial charge on any atom is -0.375 e. The van der Waals surface area contributed by atoms with E-state index in [1.54, 1.807) is 0 Å². The van der Waals surface area contributed by atoms with Crippen LogP contribution in [0, 0.1) is 11.3 Å². The van der Waals surface area contributed by atoms with Crippen LogP contribution in [0.1, 0.15) is 25.7 Å². The van der Waals surface area contributed by atoms with Crippen LogP contribution < -0.4 is 5.32 Å². The lowest BCUT2D eigenvalue weighted by molar-refractivity contribution is -0.159. The lowest BCUT2D eigenvalue weighted by atomic mass is 9.79. The van der Waals surface area contributed by atoms with E-state index in [1.807, 2.05) is 9.80 Å². The fourth-order valence-electron chi connectivity index (χ4n) is 5.28. The van der Waals surface area contributed by atoms with Crippen LogP contribution in [-0.2, 0) is 19.1 Å². The van der Waals surface area contributed by atoms with Crippen molar-refractivity contribution in [2.45, 2.75) is 31.3 Å². The summed E-state index contributed by atoms with van der Waals surface area (Å²) in [5, 5.41) is 3.39. The first-order valence-electron chi connectivity index (χ1n) is 9.49. The molecule has 3 heterocycles. The van der Waals surface area contributed by atoms with E-state index in [0.29, 0.717) is 39.3 Å². The fourth-order valence-corrected chi connectivity index (χ4v) is 5.28. The van der Waals surface area contributed by atoms with Gasteiger partial charge in [-0.25, -0.2) is 0 Å². The third-order valence-electron chi connectivity index (χ3n) is 6.62. The molecule has 140 valence electrons. The van der Waals surface area contributed by atoms with Crippen molar-refractivity contribution < 1.29 is 19.1 Å². The monoisotopic (exact) mass is 351 g/mol. The summed E-state index contributed by atoms with van der Waals surface area (Å²) in [6.45, 7) is 4.73. The number of rotatable bonds is 3. The Kier molecular flexibility index (Phi) is 4.50. The van der Waals surface area contributed by atoms with Crippen molar-refractivity contribution in [2.24, 2.45) is 11.3 Å². The molecule has 4 rings (SSSR count). The van der Waals surface area contributed by atoms with Crippen LogP contribution in [0.25, 0.3) is 0 Å². The summed E-state index contributed by atoms with van der Waals surface area (Å²) in [7, 11) is 1.53. The van der Waals surface area contributed by atoms with E-state index in [1.165, 1.54) is 20.0 Å². The Bertz CT molecular complexity index is 548. The van der Waals surface area contributed by atoms with Gasteiger partial charge in [-0.15, -0.1) is 0 Å². The lowest BCUT2D eigenvalue weighted by Crippen LogP contribution is -2.58. The number of ether oxygens (including phenoxy) is 2. The number of morpholine rings is 1. The molecule has 0 aromatic rings. The molecule has 3 saturated heterocycles. The van der Waals surface area contributed by atoms with Gasteiger partial charge in [-0.1, -0.05) is 12.8 Å². The van der Waals surface area contributed by atoms with Gasteiger partial charge in [0.1, 0.15) is 6.61 Å². The van der Waals surface area contributed by atoms with Gasteiger partial charge in [0.25, 0.3) is 0 Å². The molecule has 0 unspecified atom stereocenters. The minimum absolute atomic E-state index is 0.0154. The number of amides is 2. The van der Waals surface area contributed by atoms with E-state index in [9.17, 15) is 9.59 Å². The van der Waals surface area contributed by atoms with Gasteiger partial charge in [0.05, 0.1) is 17.6 Å². The molecule has 4 fully saturated rings. The highest BCUT2D eigenvalue weighted by molar-refractivity contribution is 5.87. The van der Waals surface area contributed by atoms with E-state index >= 15 is 0 Å². The number of likely N-dealkylation sites (tertiary alicyclic amines) is 1. The van der Waals surface area contributed by atoms with Gasteiger partial charge in [0.2, 0.25) is 11.8 Å². The summed E-state index contributed by atoms with van der Waals surface area (Å²) < 4.78 is 11.1. The maximum atomic E-state index is 13.5. The minimum atomic E-state index is -0.472. The predicted molar refractivity (Wildman–Crippen MR) is 91.0 cm³/mol. The van der Waals surface area contributed by atoms with Crippen molar-refractivity contribution in [1.29, 1.82) is 0 Å². The Labute approximate surface area is 149 Å². The smallest absolute Gasteiger partial charge is 0.248 e. The molecule has 2 atom stereocenters. The molecule has 1 saturated carbocycles. The second kappa shape index (κ2) is 6.52. The van der Waals surface area contributed by atoms with Gasteiger partial charge in [-0.2, -0.15) is 0 Å². The summed E-state index contributed by atoms with van der Waals surface area (Å²) in [6, 6.07) is 0. The van der Waals surface area contributed by atoms with Crippen molar-refractivity contribution in [1.82, 2.24) is 15.1 Å². The zero-order chi connectivity index (χ0) is 17.5. The molecule has 4 aliphatic rings. The molecule has 0 aromatic heterocycles. The van der Waals surface area contributed by atoms with Crippen LogP contribution in [-0.4, -0.2) is 86.8 Å². The third kappa shape index (κ3) is 2.86. The summed E-state index contributed by atoms with van der Waals surface area (Å²) in [5.41, 5.74) is -0.587. The molecular weight excluding hydrogens is 322 g/mol. The number of nitrogens with one attached hydrogen (secondary N) is 1. The average Bonchev–Trinajstić information content (AvgIpc) is 3.29. The molecule has 7 heteroatoms. The van der Waals surface area contributed by atoms with Gasteiger partial charge in [-0.05, 0) is 12.8 Å². The Morgan fingerprint density at radius 3 is 2.80 bits per heavy atom. The SMILES string of the molecule is COCC(=O)N1C[C@H]2CNC[C@@]2(C(=O)N2CCOC3(CCCC3)C2)C1. The van der Waals surface area contributed by atoms with Gasteiger partial charge in [0.15, 0.2) is 0 Å². The number of fused-ring (bicyclic) bond motifs is 1. The Balaban J connectivity index is 1.50. The first kappa shape index (κ1) is 17.2. The highest BCUT2D eigenvalue weighted by atomic mass is 16.5. The molecule has 1 N–H and O–H groups in total. The zero-order valence-corrected chi connectivity index (χ0v) is 15.1. The molecule has 25 heavy (non-hydrogen) atoms. The molecule has 1 aliphatic carbocycles. The zero-order valence-electron chi connectivity index (χ0n) is 15.1. The van der Waals surface area contributed by atoms with E-state index in [-0.39, 0.29) is 29.9 Å². The standard InChI is InChI=1S/C18H29N3O4/c1-24-10-15(22)21-9-14-8-19-11-18(14,13-21)16(23)20-6-7-25-17(12-20)4-2-3-5-17/h14,19H,2-13H2,1H3/t14-,18-/m1/s1. The number of nitrogens with zero attached hydrogens (tertiary/aromatic N) is 2. The van der Waals surface area contributed by atoms with E-state index in [2.05, 4.69) is 5.32 Å². The number of hydrogen-bond donors (Lipinski definition) is 1. The molecule has 0 aromatic carbocycles.